The molecule has 1 amide bonds. The fourth-order valence-electron chi connectivity index (χ4n) is 2.85. The fourth-order valence-corrected chi connectivity index (χ4v) is 3.05. The number of pyridine rings is 1. The summed E-state index contributed by atoms with van der Waals surface area (Å²) in [6.07, 6.45) is 3.73. The molecular formula is C17H16ClN3O3. The zero-order chi connectivity index (χ0) is 16.5. The number of halogens is 1. The molecule has 24 heavy (non-hydrogen) atoms. The summed E-state index contributed by atoms with van der Waals surface area (Å²) in [6, 6.07) is 7.02. The van der Waals surface area contributed by atoms with Crippen LogP contribution in [-0.2, 0) is 0 Å². The van der Waals surface area contributed by atoms with Crippen LogP contribution in [0.5, 0.6) is 11.5 Å². The zero-order valence-electron chi connectivity index (χ0n) is 12.9. The summed E-state index contributed by atoms with van der Waals surface area (Å²) in [7, 11) is 0. The molecular weight excluding hydrogens is 330 g/mol. The highest BCUT2D eigenvalue weighted by molar-refractivity contribution is 6.33. The summed E-state index contributed by atoms with van der Waals surface area (Å²) >= 11 is 6.24. The number of hydrogen-bond donors (Lipinski definition) is 1. The molecule has 4 rings (SSSR count). The Hall–Kier alpha value is -2.47. The maximum atomic E-state index is 12.3. The van der Waals surface area contributed by atoms with Crippen molar-refractivity contribution in [1.82, 2.24) is 9.88 Å². The molecule has 7 heteroatoms. The number of likely N-dealkylation sites (tertiary alicyclic amines) is 1. The summed E-state index contributed by atoms with van der Waals surface area (Å²) in [6.45, 7) is 1.85. The Kier molecular flexibility index (Phi) is 3.90. The fraction of sp³-hybridized carbons (Fsp3) is 0.294. The van der Waals surface area contributed by atoms with Gasteiger partial charge in [-0.05, 0) is 25.0 Å². The molecule has 0 aliphatic carbocycles. The van der Waals surface area contributed by atoms with Crippen LogP contribution in [0.1, 0.15) is 23.2 Å². The Bertz CT molecular complexity index is 773. The van der Waals surface area contributed by atoms with Gasteiger partial charge in [0.05, 0.1) is 16.3 Å². The smallest absolute Gasteiger partial charge is 0.255 e. The molecule has 1 aromatic carbocycles. The molecule has 3 heterocycles. The average molecular weight is 346 g/mol. The van der Waals surface area contributed by atoms with Crippen LogP contribution >= 0.6 is 11.6 Å². The number of fused-ring (bicyclic) bond motifs is 1. The Morgan fingerprint density at radius 3 is 2.62 bits per heavy atom. The maximum Gasteiger partial charge on any atom is 0.255 e. The van der Waals surface area contributed by atoms with E-state index in [1.54, 1.807) is 30.5 Å². The van der Waals surface area contributed by atoms with Crippen LogP contribution in [0.2, 0.25) is 5.02 Å². The monoisotopic (exact) mass is 345 g/mol. The molecule has 2 aromatic rings. The second kappa shape index (κ2) is 6.20. The van der Waals surface area contributed by atoms with E-state index >= 15 is 0 Å². The molecule has 2 aliphatic rings. The lowest BCUT2D eigenvalue weighted by atomic mass is 10.2. The van der Waals surface area contributed by atoms with Crippen LogP contribution < -0.4 is 14.8 Å². The number of carbonyl (C=O) groups excluding carboxylic acids is 1. The number of rotatable bonds is 3. The molecule has 0 radical (unpaired) electrons. The van der Waals surface area contributed by atoms with Crippen molar-refractivity contribution in [2.45, 2.75) is 12.8 Å². The van der Waals surface area contributed by atoms with Gasteiger partial charge in [0.25, 0.3) is 5.91 Å². The lowest BCUT2D eigenvalue weighted by molar-refractivity contribution is 0.0792. The molecule has 0 unspecified atom stereocenters. The van der Waals surface area contributed by atoms with Crippen molar-refractivity contribution in [3.63, 3.8) is 0 Å². The van der Waals surface area contributed by atoms with Crippen molar-refractivity contribution in [1.29, 1.82) is 0 Å². The van der Waals surface area contributed by atoms with E-state index in [1.807, 2.05) is 4.90 Å². The molecule has 2 aliphatic heterocycles. The molecule has 0 atom stereocenters. The van der Waals surface area contributed by atoms with Gasteiger partial charge in [-0.2, -0.15) is 0 Å². The normalized spacial score (nSPS) is 15.6. The van der Waals surface area contributed by atoms with Gasteiger partial charge in [-0.3, -0.25) is 4.79 Å². The van der Waals surface area contributed by atoms with Gasteiger partial charge in [0.1, 0.15) is 5.82 Å². The second-order valence-electron chi connectivity index (χ2n) is 5.74. The van der Waals surface area contributed by atoms with Gasteiger partial charge in [0.15, 0.2) is 11.5 Å². The molecule has 124 valence electrons. The zero-order valence-corrected chi connectivity index (χ0v) is 13.7. The molecule has 1 aromatic heterocycles. The summed E-state index contributed by atoms with van der Waals surface area (Å²) in [5.41, 5.74) is 1.27. The van der Waals surface area contributed by atoms with E-state index in [0.717, 1.165) is 25.9 Å². The van der Waals surface area contributed by atoms with E-state index in [2.05, 4.69) is 10.3 Å². The van der Waals surface area contributed by atoms with Crippen LogP contribution in [0.4, 0.5) is 11.5 Å². The van der Waals surface area contributed by atoms with Gasteiger partial charge in [0.2, 0.25) is 6.79 Å². The Labute approximate surface area is 144 Å². The van der Waals surface area contributed by atoms with E-state index in [-0.39, 0.29) is 12.7 Å². The first-order valence-electron chi connectivity index (χ1n) is 7.82. The number of nitrogens with one attached hydrogen (secondary N) is 1. The lowest BCUT2D eigenvalue weighted by Gasteiger charge is -2.15. The van der Waals surface area contributed by atoms with Gasteiger partial charge < -0.3 is 19.7 Å². The van der Waals surface area contributed by atoms with Crippen molar-refractivity contribution in [3.8, 4) is 11.5 Å². The predicted molar refractivity (Wildman–Crippen MR) is 90.2 cm³/mol. The molecule has 0 saturated carbocycles. The minimum Gasteiger partial charge on any atom is -0.454 e. The highest BCUT2D eigenvalue weighted by Crippen LogP contribution is 2.39. The Morgan fingerprint density at radius 2 is 1.92 bits per heavy atom. The number of nitrogens with zero attached hydrogens (tertiary/aromatic N) is 2. The van der Waals surface area contributed by atoms with Gasteiger partial charge in [-0.1, -0.05) is 11.6 Å². The largest absolute Gasteiger partial charge is 0.454 e. The summed E-state index contributed by atoms with van der Waals surface area (Å²) < 4.78 is 10.6. The number of hydrogen-bond acceptors (Lipinski definition) is 5. The van der Waals surface area contributed by atoms with Crippen molar-refractivity contribution in [2.75, 3.05) is 25.2 Å². The standard InChI is InChI=1S/C17H16ClN3O3/c18-12-7-14-15(24-10-23-14)8-13(12)20-16-4-3-11(9-19-16)17(22)21-5-1-2-6-21/h3-4,7-9H,1-2,5-6,10H2,(H,19,20). The van der Waals surface area contributed by atoms with E-state index < -0.39 is 0 Å². The number of amides is 1. The topological polar surface area (TPSA) is 63.7 Å². The second-order valence-corrected chi connectivity index (χ2v) is 6.15. The van der Waals surface area contributed by atoms with Crippen molar-refractivity contribution >= 4 is 29.0 Å². The Balaban J connectivity index is 1.50. The minimum absolute atomic E-state index is 0.0349. The van der Waals surface area contributed by atoms with E-state index in [0.29, 0.717) is 33.6 Å². The van der Waals surface area contributed by atoms with Crippen LogP contribution in [0, 0.1) is 0 Å². The van der Waals surface area contributed by atoms with Crippen LogP contribution in [-0.4, -0.2) is 35.7 Å². The lowest BCUT2D eigenvalue weighted by Crippen LogP contribution is -2.27. The van der Waals surface area contributed by atoms with Gasteiger partial charge in [0, 0.05) is 31.4 Å². The van der Waals surface area contributed by atoms with Crippen LogP contribution in [0.25, 0.3) is 0 Å². The summed E-state index contributed by atoms with van der Waals surface area (Å²) in [5, 5.41) is 3.65. The van der Waals surface area contributed by atoms with Crippen LogP contribution in [0.3, 0.4) is 0 Å². The number of benzene rings is 1. The first-order valence-corrected chi connectivity index (χ1v) is 8.20. The molecule has 0 bridgehead atoms. The molecule has 6 nitrogen and oxygen atoms in total. The molecule has 1 N–H and O–H groups in total. The highest BCUT2D eigenvalue weighted by atomic mass is 35.5. The third-order valence-corrected chi connectivity index (χ3v) is 4.44. The van der Waals surface area contributed by atoms with Crippen molar-refractivity contribution in [3.05, 3.63) is 41.0 Å². The number of anilines is 2. The third kappa shape index (κ3) is 2.85. The molecule has 0 spiro atoms. The number of aromatic nitrogens is 1. The third-order valence-electron chi connectivity index (χ3n) is 4.13. The number of carbonyl (C=O) groups is 1. The van der Waals surface area contributed by atoms with E-state index in [9.17, 15) is 4.79 Å². The summed E-state index contributed by atoms with van der Waals surface area (Å²) in [4.78, 5) is 18.5. The van der Waals surface area contributed by atoms with Crippen molar-refractivity contribution in [2.24, 2.45) is 0 Å². The Morgan fingerprint density at radius 1 is 1.17 bits per heavy atom. The highest BCUT2D eigenvalue weighted by Gasteiger charge is 2.20. The SMILES string of the molecule is O=C(c1ccc(Nc2cc3c(cc2Cl)OCO3)nc1)N1CCCC1. The van der Waals surface area contributed by atoms with E-state index in [4.69, 9.17) is 21.1 Å². The quantitative estimate of drug-likeness (QED) is 0.923. The van der Waals surface area contributed by atoms with Gasteiger partial charge >= 0.3 is 0 Å². The first kappa shape index (κ1) is 15.1. The van der Waals surface area contributed by atoms with Gasteiger partial charge in [-0.25, -0.2) is 4.98 Å². The van der Waals surface area contributed by atoms with E-state index in [1.165, 1.54) is 0 Å². The molecule has 1 fully saturated rings. The number of ether oxygens (including phenoxy) is 2. The summed E-state index contributed by atoms with van der Waals surface area (Å²) in [5.74, 6) is 1.91. The van der Waals surface area contributed by atoms with Crippen LogP contribution in [0.15, 0.2) is 30.5 Å². The predicted octanol–water partition coefficient (Wildman–Crippen LogP) is 3.44. The average Bonchev–Trinajstić information content (AvgIpc) is 3.26. The first-order chi connectivity index (χ1) is 11.7. The van der Waals surface area contributed by atoms with Crippen molar-refractivity contribution < 1.29 is 14.3 Å². The minimum atomic E-state index is 0.0349. The maximum absolute atomic E-state index is 12.3. The molecule has 1 saturated heterocycles. The van der Waals surface area contributed by atoms with Gasteiger partial charge in [-0.15, -0.1) is 0 Å².